The summed E-state index contributed by atoms with van der Waals surface area (Å²) in [5.41, 5.74) is 1.91. The Hall–Kier alpha value is 0.0300. The molecule has 0 atom stereocenters. The molecule has 0 saturated carbocycles. The minimum Gasteiger partial charge on any atom is -0.308 e. The van der Waals surface area contributed by atoms with E-state index in [2.05, 4.69) is 52.4 Å². The van der Waals surface area contributed by atoms with Crippen molar-refractivity contribution in [1.29, 1.82) is 0 Å². The van der Waals surface area contributed by atoms with Crippen LogP contribution in [-0.2, 0) is 4.79 Å². The van der Waals surface area contributed by atoms with Crippen LogP contribution in [0.2, 0.25) is 0 Å². The highest BCUT2D eigenvalue weighted by Gasteiger charge is 2.09. The molecule has 0 radical (unpaired) electrons. The van der Waals surface area contributed by atoms with Crippen molar-refractivity contribution in [2.75, 3.05) is 6.54 Å². The number of carbonyl (C=O) groups excluding carboxylic acids is 1. The molecule has 2 nitrogen and oxygen atoms in total. The number of carbonyl (C=O) groups is 1. The summed E-state index contributed by atoms with van der Waals surface area (Å²) in [5.74, 6) is 0.604. The highest BCUT2D eigenvalue weighted by atomic mass is 127. The maximum Gasteiger partial charge on any atom is 0.145 e. The summed E-state index contributed by atoms with van der Waals surface area (Å²) in [6.07, 6.45) is 7.26. The molecule has 0 unspecified atom stereocenters. The highest BCUT2D eigenvalue weighted by Crippen LogP contribution is 2.27. The first kappa shape index (κ1) is 17.0. The summed E-state index contributed by atoms with van der Waals surface area (Å²) in [4.78, 5) is 10.7. The van der Waals surface area contributed by atoms with Crippen LogP contribution in [0.25, 0.3) is 0 Å². The molecule has 0 amide bonds. The summed E-state index contributed by atoms with van der Waals surface area (Å²) >= 11 is 2.29. The number of nitrogens with zero attached hydrogens (tertiary/aromatic N) is 1. The fourth-order valence-electron chi connectivity index (χ4n) is 1.30. The Morgan fingerprint density at radius 3 is 2.53 bits per heavy atom. The molecular weight excluding hydrogens is 345 g/mol. The maximum absolute atomic E-state index is 10.7. The Bertz CT molecular complexity index is 287. The minimum absolute atomic E-state index is 0.604. The Morgan fingerprint density at radius 2 is 2.12 bits per heavy atom. The van der Waals surface area contributed by atoms with Gasteiger partial charge in [-0.05, 0) is 30.9 Å². The number of aldehydes is 1. The normalized spacial score (nSPS) is 13.1. The van der Waals surface area contributed by atoms with Gasteiger partial charge in [0.25, 0.3) is 0 Å². The van der Waals surface area contributed by atoms with Crippen LogP contribution in [0, 0.1) is 5.92 Å². The van der Waals surface area contributed by atoms with Crippen molar-refractivity contribution in [3.05, 3.63) is 23.4 Å². The Labute approximate surface area is 122 Å². The largest absolute Gasteiger partial charge is 0.308 e. The zero-order chi connectivity index (χ0) is 13.3. The molecule has 0 aliphatic heterocycles. The summed E-state index contributed by atoms with van der Waals surface area (Å²) in [6, 6.07) is 0. The number of hydrogen-bond acceptors (Lipinski definition) is 3. The third-order valence-corrected chi connectivity index (χ3v) is 4.06. The number of rotatable bonds is 8. The van der Waals surface area contributed by atoms with Gasteiger partial charge in [0, 0.05) is 42.6 Å². The lowest BCUT2D eigenvalue weighted by Crippen LogP contribution is -2.18. The fourth-order valence-corrected chi connectivity index (χ4v) is 3.02. The quantitative estimate of drug-likeness (QED) is 0.203. The van der Waals surface area contributed by atoms with Crippen LogP contribution in [0.3, 0.4) is 0 Å². The van der Waals surface area contributed by atoms with Crippen molar-refractivity contribution >= 4 is 36.6 Å². The molecule has 0 aliphatic rings. The lowest BCUT2D eigenvalue weighted by Gasteiger charge is -2.24. The van der Waals surface area contributed by atoms with Crippen LogP contribution in [-0.4, -0.2) is 17.1 Å². The molecule has 0 bridgehead atoms. The topological polar surface area (TPSA) is 20.3 Å². The van der Waals surface area contributed by atoms with E-state index >= 15 is 0 Å². The van der Waals surface area contributed by atoms with E-state index in [-0.39, 0.29) is 0 Å². The second-order valence-electron chi connectivity index (χ2n) is 4.45. The van der Waals surface area contributed by atoms with E-state index in [1.807, 2.05) is 13.0 Å². The molecule has 0 heterocycles. The monoisotopic (exact) mass is 367 g/mol. The molecule has 0 spiro atoms. The Morgan fingerprint density at radius 1 is 1.47 bits per heavy atom. The third kappa shape index (κ3) is 7.86. The average Bonchev–Trinajstić information content (AvgIpc) is 2.30. The minimum atomic E-state index is 0.604. The van der Waals surface area contributed by atoms with Gasteiger partial charge in [0.05, 0.1) is 0 Å². The van der Waals surface area contributed by atoms with E-state index in [0.717, 1.165) is 36.9 Å². The van der Waals surface area contributed by atoms with Crippen molar-refractivity contribution in [3.8, 4) is 0 Å². The van der Waals surface area contributed by atoms with Gasteiger partial charge in [0.15, 0.2) is 0 Å². The van der Waals surface area contributed by atoms with Crippen LogP contribution < -0.4 is 0 Å². The Kier molecular flexibility index (Phi) is 10.0. The molecule has 0 aromatic carbocycles. The van der Waals surface area contributed by atoms with E-state index in [1.54, 1.807) is 9.12 Å². The molecule has 0 N–H and O–H groups in total. The second kappa shape index (κ2) is 10.00. The van der Waals surface area contributed by atoms with Crippen molar-refractivity contribution in [1.82, 2.24) is 4.31 Å². The fraction of sp³-hybridized carbons (Fsp3) is 0.615. The van der Waals surface area contributed by atoms with Crippen LogP contribution in [0.5, 0.6) is 0 Å². The van der Waals surface area contributed by atoms with Crippen molar-refractivity contribution < 1.29 is 4.79 Å². The number of hydrogen-bond donors (Lipinski definition) is 0. The SMILES string of the molecule is CCC/C=C(\C=C(/C)C=O)N(CC(C)C)SI. The first-order chi connectivity index (χ1) is 8.04. The first-order valence-corrected chi connectivity index (χ1v) is 9.26. The van der Waals surface area contributed by atoms with Gasteiger partial charge in [-0.2, -0.15) is 0 Å². The average molecular weight is 367 g/mol. The molecule has 0 aromatic rings. The lowest BCUT2D eigenvalue weighted by molar-refractivity contribution is -0.104. The van der Waals surface area contributed by atoms with E-state index in [1.165, 1.54) is 0 Å². The van der Waals surface area contributed by atoms with Gasteiger partial charge in [-0.3, -0.25) is 4.79 Å². The molecule has 0 aliphatic carbocycles. The number of halogens is 1. The zero-order valence-corrected chi connectivity index (χ0v) is 14.0. The van der Waals surface area contributed by atoms with Gasteiger partial charge >= 0.3 is 0 Å². The molecule has 4 heteroatoms. The van der Waals surface area contributed by atoms with E-state index in [0.29, 0.717) is 5.92 Å². The zero-order valence-electron chi connectivity index (χ0n) is 11.1. The lowest BCUT2D eigenvalue weighted by atomic mass is 10.2. The summed E-state index contributed by atoms with van der Waals surface area (Å²) in [5, 5.41) is 0. The van der Waals surface area contributed by atoms with Crippen LogP contribution in [0.4, 0.5) is 0 Å². The van der Waals surface area contributed by atoms with Crippen molar-refractivity contribution in [3.63, 3.8) is 0 Å². The summed E-state index contributed by atoms with van der Waals surface area (Å²) in [6.45, 7) is 9.40. The van der Waals surface area contributed by atoms with Gasteiger partial charge < -0.3 is 4.31 Å². The standard InChI is InChI=1S/C13H22INOS/c1-5-6-7-13(8-12(4)10-16)15(17-14)9-11(2)3/h7-8,10-11H,5-6,9H2,1-4H3/b12-8+,13-7+. The van der Waals surface area contributed by atoms with E-state index < -0.39 is 0 Å². The molecular formula is C13H22INOS. The molecule has 0 saturated heterocycles. The number of unbranched alkanes of at least 4 members (excludes halogenated alkanes) is 1. The predicted octanol–water partition coefficient (Wildman–Crippen LogP) is 4.77. The third-order valence-electron chi connectivity index (χ3n) is 2.11. The Balaban J connectivity index is 4.93. The van der Waals surface area contributed by atoms with E-state index in [4.69, 9.17) is 0 Å². The summed E-state index contributed by atoms with van der Waals surface area (Å²) < 4.78 is 2.24. The van der Waals surface area contributed by atoms with Crippen LogP contribution >= 0.6 is 30.3 Å². The van der Waals surface area contributed by atoms with Gasteiger partial charge in [0.2, 0.25) is 0 Å². The smallest absolute Gasteiger partial charge is 0.145 e. The molecule has 0 fully saturated rings. The van der Waals surface area contributed by atoms with Crippen LogP contribution in [0.1, 0.15) is 40.5 Å². The molecule has 17 heavy (non-hydrogen) atoms. The summed E-state index contributed by atoms with van der Waals surface area (Å²) in [7, 11) is 1.68. The van der Waals surface area contributed by atoms with Gasteiger partial charge in [0.1, 0.15) is 6.29 Å². The van der Waals surface area contributed by atoms with Gasteiger partial charge in [-0.25, -0.2) is 0 Å². The number of allylic oxidation sites excluding steroid dienone is 3. The first-order valence-electron chi connectivity index (χ1n) is 5.95. The van der Waals surface area contributed by atoms with E-state index in [9.17, 15) is 4.79 Å². The van der Waals surface area contributed by atoms with Gasteiger partial charge in [-0.15, -0.1) is 0 Å². The maximum atomic E-state index is 10.7. The highest BCUT2D eigenvalue weighted by molar-refractivity contribution is 14.2. The molecule has 0 aromatic heterocycles. The van der Waals surface area contributed by atoms with Crippen molar-refractivity contribution in [2.45, 2.75) is 40.5 Å². The second-order valence-corrected chi connectivity index (χ2v) is 6.21. The molecule has 0 rings (SSSR count). The predicted molar refractivity (Wildman–Crippen MR) is 86.0 cm³/mol. The van der Waals surface area contributed by atoms with Gasteiger partial charge in [-0.1, -0.05) is 33.3 Å². The van der Waals surface area contributed by atoms with Crippen LogP contribution in [0.15, 0.2) is 23.4 Å². The van der Waals surface area contributed by atoms with Crippen molar-refractivity contribution in [2.24, 2.45) is 5.92 Å². The molecule has 98 valence electrons.